The fourth-order valence-corrected chi connectivity index (χ4v) is 3.47. The van der Waals surface area contributed by atoms with Gasteiger partial charge >= 0.3 is 0 Å². The van der Waals surface area contributed by atoms with E-state index in [4.69, 9.17) is 0 Å². The van der Waals surface area contributed by atoms with Crippen LogP contribution in [0.5, 0.6) is 0 Å². The molecule has 0 aliphatic rings. The molecule has 0 unspecified atom stereocenters. The third-order valence-electron chi connectivity index (χ3n) is 4.90. The van der Waals surface area contributed by atoms with Gasteiger partial charge in [0.25, 0.3) is 0 Å². The van der Waals surface area contributed by atoms with E-state index in [0.717, 1.165) is 22.0 Å². The maximum atomic E-state index is 9.90. The van der Waals surface area contributed by atoms with Crippen molar-refractivity contribution in [2.45, 2.75) is 6.61 Å². The maximum absolute atomic E-state index is 9.90. The van der Waals surface area contributed by atoms with Gasteiger partial charge < -0.3 is 10.4 Å². The predicted octanol–water partition coefficient (Wildman–Crippen LogP) is 4.72. The van der Waals surface area contributed by atoms with Crippen LogP contribution in [0.4, 0.5) is 11.6 Å². The molecule has 30 heavy (non-hydrogen) atoms. The summed E-state index contributed by atoms with van der Waals surface area (Å²) in [4.78, 5) is 13.6. The molecule has 0 radical (unpaired) electrons. The maximum Gasteiger partial charge on any atom is 0.229 e. The third kappa shape index (κ3) is 3.40. The zero-order chi connectivity index (χ0) is 20.3. The van der Waals surface area contributed by atoms with Crippen LogP contribution in [-0.2, 0) is 6.61 Å². The highest BCUT2D eigenvalue weighted by atomic mass is 16.3. The van der Waals surface area contributed by atoms with Crippen molar-refractivity contribution in [3.63, 3.8) is 0 Å². The molecule has 0 spiro atoms. The first-order chi connectivity index (χ1) is 14.8. The number of hydrogen-bond acceptors (Lipinski definition) is 5. The van der Waals surface area contributed by atoms with Gasteiger partial charge in [0, 0.05) is 17.4 Å². The van der Waals surface area contributed by atoms with Crippen LogP contribution in [0, 0.1) is 0 Å². The third-order valence-corrected chi connectivity index (χ3v) is 4.90. The van der Waals surface area contributed by atoms with E-state index in [1.54, 1.807) is 12.4 Å². The summed E-state index contributed by atoms with van der Waals surface area (Å²) in [5.74, 6) is 1.82. The van der Waals surface area contributed by atoms with Crippen molar-refractivity contribution in [3.05, 3.63) is 97.0 Å². The Hall–Kier alpha value is -4.03. The summed E-state index contributed by atoms with van der Waals surface area (Å²) in [7, 11) is 0. The van der Waals surface area contributed by atoms with Gasteiger partial charge in [0.15, 0.2) is 0 Å². The Morgan fingerprint density at radius 1 is 0.833 bits per heavy atom. The van der Waals surface area contributed by atoms with Gasteiger partial charge in [-0.2, -0.15) is 4.98 Å². The Balaban J connectivity index is 1.59. The van der Waals surface area contributed by atoms with Crippen LogP contribution < -0.4 is 5.32 Å². The molecule has 6 nitrogen and oxygen atoms in total. The predicted molar refractivity (Wildman–Crippen MR) is 118 cm³/mol. The normalized spacial score (nSPS) is 11.0. The number of rotatable bonds is 5. The minimum atomic E-state index is -0.147. The Kier molecular flexibility index (Phi) is 4.67. The molecule has 0 aliphatic heterocycles. The molecule has 0 amide bonds. The van der Waals surface area contributed by atoms with Crippen LogP contribution in [0.1, 0.15) is 5.69 Å². The molecule has 0 saturated carbocycles. The lowest BCUT2D eigenvalue weighted by Gasteiger charge is -2.12. The second kappa shape index (κ2) is 7.77. The van der Waals surface area contributed by atoms with E-state index in [-0.39, 0.29) is 6.61 Å². The summed E-state index contributed by atoms with van der Waals surface area (Å²) in [6.45, 7) is -0.147. The lowest BCUT2D eigenvalue weighted by Crippen LogP contribution is -2.07. The largest absolute Gasteiger partial charge is 0.390 e. The Labute approximate surface area is 173 Å². The highest BCUT2D eigenvalue weighted by molar-refractivity contribution is 5.86. The number of hydrogen-bond donors (Lipinski definition) is 2. The van der Waals surface area contributed by atoms with Gasteiger partial charge in [0.1, 0.15) is 11.6 Å². The zero-order valence-corrected chi connectivity index (χ0v) is 16.1. The van der Waals surface area contributed by atoms with Crippen molar-refractivity contribution >= 4 is 22.4 Å². The number of benzene rings is 3. The molecular weight excluding hydrogens is 374 g/mol. The van der Waals surface area contributed by atoms with Gasteiger partial charge in [-0.25, -0.2) is 9.97 Å². The molecule has 3 aromatic carbocycles. The lowest BCUT2D eigenvalue weighted by atomic mass is 10.1. The summed E-state index contributed by atoms with van der Waals surface area (Å²) < 4.78 is 1.86. The average Bonchev–Trinajstić information content (AvgIpc) is 3.24. The number of aliphatic hydroxyl groups excluding tert-OH is 1. The molecule has 6 heteroatoms. The Morgan fingerprint density at radius 2 is 1.63 bits per heavy atom. The topological polar surface area (TPSA) is 75.9 Å². The molecular formula is C24H19N5O. The van der Waals surface area contributed by atoms with Crippen molar-refractivity contribution in [1.82, 2.24) is 19.5 Å². The van der Waals surface area contributed by atoms with Gasteiger partial charge in [-0.05, 0) is 35.0 Å². The first-order valence-corrected chi connectivity index (χ1v) is 9.64. The van der Waals surface area contributed by atoms with E-state index < -0.39 is 0 Å². The summed E-state index contributed by atoms with van der Waals surface area (Å²) in [5.41, 5.74) is 2.50. The fourth-order valence-electron chi connectivity index (χ4n) is 3.47. The van der Waals surface area contributed by atoms with E-state index in [1.165, 1.54) is 0 Å². The number of anilines is 2. The quantitative estimate of drug-likeness (QED) is 0.452. The minimum absolute atomic E-state index is 0.147. The van der Waals surface area contributed by atoms with Gasteiger partial charge in [0.2, 0.25) is 5.95 Å². The van der Waals surface area contributed by atoms with Crippen molar-refractivity contribution < 1.29 is 5.11 Å². The van der Waals surface area contributed by atoms with Crippen LogP contribution >= 0.6 is 0 Å². The van der Waals surface area contributed by atoms with Crippen molar-refractivity contribution in [2.75, 3.05) is 5.32 Å². The molecule has 5 rings (SSSR count). The average molecular weight is 393 g/mol. The highest BCUT2D eigenvalue weighted by Gasteiger charge is 2.15. The summed E-state index contributed by atoms with van der Waals surface area (Å²) >= 11 is 0. The summed E-state index contributed by atoms with van der Waals surface area (Å²) in [6, 6.07) is 26.0. The lowest BCUT2D eigenvalue weighted by molar-refractivity contribution is 0.274. The van der Waals surface area contributed by atoms with E-state index in [9.17, 15) is 5.11 Å². The van der Waals surface area contributed by atoms with E-state index in [1.807, 2.05) is 59.2 Å². The van der Waals surface area contributed by atoms with Gasteiger partial charge in [-0.15, -0.1) is 0 Å². The van der Waals surface area contributed by atoms with Gasteiger partial charge in [0.05, 0.1) is 18.5 Å². The molecule has 2 heterocycles. The Morgan fingerprint density at radius 3 is 2.47 bits per heavy atom. The molecule has 146 valence electrons. The SMILES string of the molecule is OCc1cnc(-c2ccc3ccccc3c2)n1-c1ccnc(Nc2ccccc2)n1. The van der Waals surface area contributed by atoms with Crippen molar-refractivity contribution in [2.24, 2.45) is 0 Å². The van der Waals surface area contributed by atoms with Crippen molar-refractivity contribution in [3.8, 4) is 17.2 Å². The van der Waals surface area contributed by atoms with E-state index in [2.05, 4.69) is 44.5 Å². The Bertz CT molecular complexity index is 1310. The minimum Gasteiger partial charge on any atom is -0.390 e. The van der Waals surface area contributed by atoms with Crippen LogP contribution in [0.25, 0.3) is 28.0 Å². The fraction of sp³-hybridized carbons (Fsp3) is 0.0417. The molecule has 2 aromatic heterocycles. The smallest absolute Gasteiger partial charge is 0.229 e. The number of nitrogens with zero attached hydrogens (tertiary/aromatic N) is 4. The number of fused-ring (bicyclic) bond motifs is 1. The molecule has 2 N–H and O–H groups in total. The van der Waals surface area contributed by atoms with Crippen molar-refractivity contribution in [1.29, 1.82) is 0 Å². The number of nitrogens with one attached hydrogen (secondary N) is 1. The number of para-hydroxylation sites is 1. The zero-order valence-electron chi connectivity index (χ0n) is 16.1. The van der Waals surface area contributed by atoms with Gasteiger partial charge in [-0.3, -0.25) is 4.57 Å². The van der Waals surface area contributed by atoms with Crippen LogP contribution in [-0.4, -0.2) is 24.6 Å². The standard InChI is InChI=1S/C24H19N5O/c30-16-21-15-26-23(19-11-10-17-6-4-5-7-18(17)14-19)29(21)22-12-13-25-24(28-22)27-20-8-2-1-3-9-20/h1-15,30H,16H2,(H,25,27,28). The molecule has 0 bridgehead atoms. The summed E-state index contributed by atoms with van der Waals surface area (Å²) in [6.07, 6.45) is 3.37. The van der Waals surface area contributed by atoms with Gasteiger partial charge in [-0.1, -0.05) is 54.6 Å². The second-order valence-electron chi connectivity index (χ2n) is 6.86. The highest BCUT2D eigenvalue weighted by Crippen LogP contribution is 2.27. The summed E-state index contributed by atoms with van der Waals surface area (Å²) in [5, 5.41) is 15.4. The van der Waals surface area contributed by atoms with Crippen LogP contribution in [0.3, 0.4) is 0 Å². The molecule has 0 fully saturated rings. The van der Waals surface area contributed by atoms with E-state index in [0.29, 0.717) is 23.3 Å². The van der Waals surface area contributed by atoms with Crippen LogP contribution in [0.2, 0.25) is 0 Å². The van der Waals surface area contributed by atoms with Crippen LogP contribution in [0.15, 0.2) is 91.3 Å². The number of aromatic nitrogens is 4. The molecule has 5 aromatic rings. The van der Waals surface area contributed by atoms with E-state index >= 15 is 0 Å². The first kappa shape index (κ1) is 18.0. The first-order valence-electron chi connectivity index (χ1n) is 9.64. The number of imidazole rings is 1. The second-order valence-corrected chi connectivity index (χ2v) is 6.86. The molecule has 0 saturated heterocycles. The molecule has 0 aliphatic carbocycles. The number of aliphatic hydroxyl groups is 1. The monoisotopic (exact) mass is 393 g/mol. The molecule has 0 atom stereocenters.